The van der Waals surface area contributed by atoms with E-state index in [9.17, 15) is 4.79 Å². The molecule has 0 aliphatic rings. The van der Waals surface area contributed by atoms with Gasteiger partial charge in [-0.15, -0.1) is 10.2 Å². The van der Waals surface area contributed by atoms with Gasteiger partial charge in [-0.1, -0.05) is 5.21 Å². The fourth-order valence-corrected chi connectivity index (χ4v) is 2.00. The molecule has 0 saturated heterocycles. The van der Waals surface area contributed by atoms with E-state index < -0.39 is 0 Å². The van der Waals surface area contributed by atoms with Crippen LogP contribution in [0, 0.1) is 0 Å². The Morgan fingerprint density at radius 3 is 3.00 bits per heavy atom. The lowest BCUT2D eigenvalue weighted by Gasteiger charge is -2.12. The number of nitrogens with one attached hydrogen (secondary N) is 2. The molecule has 0 unspecified atom stereocenters. The third-order valence-electron chi connectivity index (χ3n) is 2.40. The van der Waals surface area contributed by atoms with Crippen LogP contribution in [0.1, 0.15) is 36.2 Å². The lowest BCUT2D eigenvalue weighted by molar-refractivity contribution is 0.0939. The molecule has 0 atom stereocenters. The zero-order valence-corrected chi connectivity index (χ0v) is 11.6. The van der Waals surface area contributed by atoms with Gasteiger partial charge in [-0.3, -0.25) is 4.79 Å². The number of nitrogens with zero attached hydrogens (tertiary/aromatic N) is 4. The summed E-state index contributed by atoms with van der Waals surface area (Å²) in [5.74, 6) is 0.282. The van der Waals surface area contributed by atoms with Gasteiger partial charge in [0.25, 0.3) is 5.91 Å². The molecule has 0 bridgehead atoms. The monoisotopic (exact) mass is 312 g/mol. The van der Waals surface area contributed by atoms with Crippen LogP contribution in [0.4, 0.5) is 0 Å². The van der Waals surface area contributed by atoms with Crippen molar-refractivity contribution in [3.05, 3.63) is 28.3 Å². The topological polar surface area (TPSA) is 88.5 Å². The van der Waals surface area contributed by atoms with Crippen LogP contribution in [0.3, 0.4) is 0 Å². The van der Waals surface area contributed by atoms with E-state index in [0.29, 0.717) is 11.5 Å². The Labute approximate surface area is 112 Å². The zero-order chi connectivity index (χ0) is 13.1. The number of hydrogen-bond donors (Lipinski definition) is 2. The van der Waals surface area contributed by atoms with Gasteiger partial charge in [-0.2, -0.15) is 5.21 Å². The maximum atomic E-state index is 12.0. The average molecular weight is 313 g/mol. The predicted molar refractivity (Wildman–Crippen MR) is 67.9 cm³/mol. The minimum Gasteiger partial charge on any atom is -0.343 e. The highest BCUT2D eigenvalue weighted by Gasteiger charge is 2.15. The van der Waals surface area contributed by atoms with E-state index in [2.05, 4.69) is 41.9 Å². The van der Waals surface area contributed by atoms with Crippen LogP contribution in [0.5, 0.6) is 0 Å². The Balaban J connectivity index is 2.09. The van der Waals surface area contributed by atoms with Gasteiger partial charge in [0.1, 0.15) is 5.69 Å². The van der Waals surface area contributed by atoms with E-state index in [-0.39, 0.29) is 18.5 Å². The number of carbonyl (C=O) groups excluding carboxylic acids is 1. The van der Waals surface area contributed by atoms with Crippen molar-refractivity contribution in [3.63, 3.8) is 0 Å². The van der Waals surface area contributed by atoms with Gasteiger partial charge in [0.15, 0.2) is 5.82 Å². The van der Waals surface area contributed by atoms with Crippen molar-refractivity contribution in [2.45, 2.75) is 26.4 Å². The quantitative estimate of drug-likeness (QED) is 0.890. The number of aromatic nitrogens is 5. The molecule has 2 rings (SSSR count). The Morgan fingerprint density at radius 2 is 2.39 bits per heavy atom. The van der Waals surface area contributed by atoms with Crippen LogP contribution in [0.25, 0.3) is 0 Å². The molecule has 2 heterocycles. The van der Waals surface area contributed by atoms with Crippen LogP contribution in [0.15, 0.2) is 16.7 Å². The van der Waals surface area contributed by atoms with Crippen molar-refractivity contribution in [1.29, 1.82) is 0 Å². The molecule has 0 fully saturated rings. The lowest BCUT2D eigenvalue weighted by atomic mass is 10.3. The molecular formula is C10H13BrN6O. The highest BCUT2D eigenvalue weighted by molar-refractivity contribution is 9.10. The van der Waals surface area contributed by atoms with Crippen LogP contribution >= 0.6 is 15.9 Å². The molecular weight excluding hydrogens is 300 g/mol. The van der Waals surface area contributed by atoms with Gasteiger partial charge in [-0.25, -0.2) is 0 Å². The largest absolute Gasteiger partial charge is 0.343 e. The summed E-state index contributed by atoms with van der Waals surface area (Å²) in [5, 5.41) is 16.0. The van der Waals surface area contributed by atoms with Crippen molar-refractivity contribution in [3.8, 4) is 0 Å². The standard InChI is InChI=1S/C10H13BrN6O/c1-6(2)17-5-7(11)3-8(17)10(18)12-4-9-13-15-16-14-9/h3,5-6H,4H2,1-2H3,(H,12,18)(H,13,14,15,16). The predicted octanol–water partition coefficient (Wildman–Crippen LogP) is 1.27. The molecule has 2 aromatic heterocycles. The zero-order valence-electron chi connectivity index (χ0n) is 10.0. The maximum absolute atomic E-state index is 12.0. The van der Waals surface area contributed by atoms with E-state index in [1.807, 2.05) is 24.6 Å². The number of hydrogen-bond acceptors (Lipinski definition) is 4. The number of tetrazole rings is 1. The minimum atomic E-state index is -0.167. The van der Waals surface area contributed by atoms with Gasteiger partial charge in [-0.05, 0) is 35.8 Å². The van der Waals surface area contributed by atoms with Crippen LogP contribution < -0.4 is 5.32 Å². The van der Waals surface area contributed by atoms with E-state index in [1.54, 1.807) is 6.07 Å². The Morgan fingerprint density at radius 1 is 1.61 bits per heavy atom. The smallest absolute Gasteiger partial charge is 0.268 e. The number of amides is 1. The van der Waals surface area contributed by atoms with Gasteiger partial charge < -0.3 is 9.88 Å². The first kappa shape index (κ1) is 12.7. The maximum Gasteiger partial charge on any atom is 0.268 e. The molecule has 0 spiro atoms. The highest BCUT2D eigenvalue weighted by atomic mass is 79.9. The van der Waals surface area contributed by atoms with E-state index in [1.165, 1.54) is 0 Å². The van der Waals surface area contributed by atoms with Gasteiger partial charge >= 0.3 is 0 Å². The highest BCUT2D eigenvalue weighted by Crippen LogP contribution is 2.19. The molecule has 1 amide bonds. The molecule has 0 aliphatic carbocycles. The van der Waals surface area contributed by atoms with Crippen LogP contribution in [-0.2, 0) is 6.54 Å². The fraction of sp³-hybridized carbons (Fsp3) is 0.400. The second-order valence-electron chi connectivity index (χ2n) is 4.06. The van der Waals surface area contributed by atoms with Crippen molar-refractivity contribution in [2.24, 2.45) is 0 Å². The van der Waals surface area contributed by atoms with Crippen molar-refractivity contribution in [1.82, 2.24) is 30.5 Å². The van der Waals surface area contributed by atoms with Gasteiger partial charge in [0.2, 0.25) is 0 Å². The van der Waals surface area contributed by atoms with E-state index in [4.69, 9.17) is 0 Å². The van der Waals surface area contributed by atoms with E-state index in [0.717, 1.165) is 4.47 Å². The summed E-state index contributed by atoms with van der Waals surface area (Å²) in [6.07, 6.45) is 1.88. The summed E-state index contributed by atoms with van der Waals surface area (Å²) in [6, 6.07) is 1.99. The molecule has 7 nitrogen and oxygen atoms in total. The molecule has 0 aliphatic heterocycles. The number of halogens is 1. The summed E-state index contributed by atoms with van der Waals surface area (Å²) in [5.41, 5.74) is 0.598. The third-order valence-corrected chi connectivity index (χ3v) is 2.83. The first-order valence-corrected chi connectivity index (χ1v) is 6.25. The number of carbonyl (C=O) groups is 1. The molecule has 0 radical (unpaired) electrons. The molecule has 96 valence electrons. The average Bonchev–Trinajstić information content (AvgIpc) is 2.94. The summed E-state index contributed by atoms with van der Waals surface area (Å²) in [6.45, 7) is 4.28. The van der Waals surface area contributed by atoms with Crippen LogP contribution in [0.2, 0.25) is 0 Å². The number of H-pyrrole nitrogens is 1. The number of aromatic amines is 1. The number of rotatable bonds is 4. The summed E-state index contributed by atoms with van der Waals surface area (Å²) < 4.78 is 2.77. The molecule has 2 aromatic rings. The first-order valence-electron chi connectivity index (χ1n) is 5.46. The van der Waals surface area contributed by atoms with Crippen molar-refractivity contribution < 1.29 is 4.79 Å². The molecule has 2 N–H and O–H groups in total. The minimum absolute atomic E-state index is 0.167. The van der Waals surface area contributed by atoms with Gasteiger partial charge in [0.05, 0.1) is 6.54 Å². The van der Waals surface area contributed by atoms with Crippen LogP contribution in [-0.4, -0.2) is 31.1 Å². The summed E-state index contributed by atoms with van der Waals surface area (Å²) in [7, 11) is 0. The molecule has 0 aromatic carbocycles. The van der Waals surface area contributed by atoms with Gasteiger partial charge in [0, 0.05) is 16.7 Å². The first-order chi connectivity index (χ1) is 8.58. The normalized spacial score (nSPS) is 10.9. The molecule has 8 heteroatoms. The second kappa shape index (κ2) is 5.30. The van der Waals surface area contributed by atoms with Crippen molar-refractivity contribution in [2.75, 3.05) is 0 Å². The summed E-state index contributed by atoms with van der Waals surface area (Å²) in [4.78, 5) is 12.0. The second-order valence-corrected chi connectivity index (χ2v) is 4.97. The summed E-state index contributed by atoms with van der Waals surface area (Å²) >= 11 is 3.37. The Hall–Kier alpha value is -1.70. The Bertz CT molecular complexity index is 533. The third kappa shape index (κ3) is 2.76. The SMILES string of the molecule is CC(C)n1cc(Br)cc1C(=O)NCc1nn[nH]n1. The molecule has 18 heavy (non-hydrogen) atoms. The Kier molecular flexibility index (Phi) is 3.75. The van der Waals surface area contributed by atoms with E-state index >= 15 is 0 Å². The van der Waals surface area contributed by atoms with Crippen molar-refractivity contribution >= 4 is 21.8 Å². The lowest BCUT2D eigenvalue weighted by Crippen LogP contribution is -2.26. The fourth-order valence-electron chi connectivity index (χ4n) is 1.56. The molecule has 0 saturated carbocycles.